The van der Waals surface area contributed by atoms with E-state index >= 15 is 0 Å². The Hall–Kier alpha value is -5.74. The lowest BCUT2D eigenvalue weighted by molar-refractivity contribution is -0.384. The number of aromatic nitrogens is 2. The summed E-state index contributed by atoms with van der Waals surface area (Å²) in [7, 11) is -0.960. The van der Waals surface area contributed by atoms with Crippen molar-refractivity contribution in [1.82, 2.24) is 19.8 Å². The van der Waals surface area contributed by atoms with Crippen molar-refractivity contribution < 1.29 is 18.1 Å². The van der Waals surface area contributed by atoms with Crippen molar-refractivity contribution in [3.05, 3.63) is 142 Å². The van der Waals surface area contributed by atoms with Crippen molar-refractivity contribution in [3.8, 4) is 11.1 Å². The average Bonchev–Trinajstić information content (AvgIpc) is 3.25. The van der Waals surface area contributed by atoms with Crippen LogP contribution in [0.5, 0.6) is 0 Å². The first kappa shape index (κ1) is 42.4. The number of amides is 1. The Bertz CT molecular complexity index is 2570. The van der Waals surface area contributed by atoms with E-state index in [1.807, 2.05) is 66.7 Å². The van der Waals surface area contributed by atoms with E-state index < -0.39 is 20.6 Å². The SMILES string of the molecule is CN(C)C(=O)CC[C@H](CSc1ccccc1)Nc1ccc(S(=O)(=O)Nc2ncnc3cc(N4CCN(Cc5ccccc5-c5ccc(Cl)cc5)CC4)ccc23)cc1[N+](=O)[O-]. The molecule has 16 heteroatoms. The zero-order valence-corrected chi connectivity index (χ0v) is 35.6. The normalized spacial score (nSPS) is 13.8. The molecule has 1 saturated heterocycles. The first-order valence-corrected chi connectivity index (χ1v) is 22.3. The molecule has 310 valence electrons. The highest BCUT2D eigenvalue weighted by molar-refractivity contribution is 7.99. The Balaban J connectivity index is 1.03. The first-order chi connectivity index (χ1) is 28.9. The maximum atomic E-state index is 13.8. The summed E-state index contributed by atoms with van der Waals surface area (Å²) in [6.45, 7) is 4.11. The van der Waals surface area contributed by atoms with Gasteiger partial charge in [-0.25, -0.2) is 18.4 Å². The van der Waals surface area contributed by atoms with Gasteiger partial charge in [0.05, 0.1) is 15.3 Å². The number of anilines is 3. The van der Waals surface area contributed by atoms with Gasteiger partial charge in [0.25, 0.3) is 15.7 Å². The van der Waals surface area contributed by atoms with E-state index in [0.717, 1.165) is 54.9 Å². The summed E-state index contributed by atoms with van der Waals surface area (Å²) in [5, 5.41) is 16.8. The van der Waals surface area contributed by atoms with E-state index in [-0.39, 0.29) is 34.8 Å². The lowest BCUT2D eigenvalue weighted by atomic mass is 9.99. The van der Waals surface area contributed by atoms with Crippen molar-refractivity contribution >= 4 is 73.1 Å². The Kier molecular flexibility index (Phi) is 13.5. The molecule has 1 aliphatic heterocycles. The summed E-state index contributed by atoms with van der Waals surface area (Å²) in [5.74, 6) is 0.511. The number of fused-ring (bicyclic) bond motifs is 1. The standard InChI is InChI=1S/C44H45ClN8O5S2/c1-50(2)43(54)21-16-34(29-59-36-9-4-3-5-10-36)48-40-20-18-37(27-42(40)53(55)56)60(57,58)49-44-39-19-17-35(26-41(39)46-30-47-44)52-24-22-51(23-25-52)28-32-8-6-7-11-38(32)31-12-14-33(45)15-13-31/h3-15,17-20,26-27,30,34,48H,16,21-25,28-29H2,1-2H3,(H,46,47,49)/t34-/m1/s1. The summed E-state index contributed by atoms with van der Waals surface area (Å²) in [4.78, 5) is 39.8. The van der Waals surface area contributed by atoms with Crippen LogP contribution in [0.1, 0.15) is 18.4 Å². The van der Waals surface area contributed by atoms with Gasteiger partial charge in [0.15, 0.2) is 5.82 Å². The molecule has 13 nitrogen and oxygen atoms in total. The highest BCUT2D eigenvalue weighted by Crippen LogP contribution is 2.33. The maximum Gasteiger partial charge on any atom is 0.293 e. The molecule has 1 amide bonds. The van der Waals surface area contributed by atoms with Crippen LogP contribution in [0, 0.1) is 10.1 Å². The number of halogens is 1. The fourth-order valence-electron chi connectivity index (χ4n) is 7.09. The lowest BCUT2D eigenvalue weighted by Gasteiger charge is -2.36. The third-order valence-corrected chi connectivity index (χ3v) is 13.2. The molecule has 60 heavy (non-hydrogen) atoms. The van der Waals surface area contributed by atoms with E-state index in [0.29, 0.717) is 28.1 Å². The number of hydrogen-bond donors (Lipinski definition) is 2. The van der Waals surface area contributed by atoms with E-state index in [4.69, 9.17) is 11.6 Å². The Morgan fingerprint density at radius 1 is 0.917 bits per heavy atom. The minimum absolute atomic E-state index is 0.0594. The van der Waals surface area contributed by atoms with Crippen LogP contribution in [0.3, 0.4) is 0 Å². The summed E-state index contributed by atoms with van der Waals surface area (Å²) in [6.07, 6.45) is 1.94. The fraction of sp³-hybridized carbons (Fsp3) is 0.250. The monoisotopic (exact) mass is 864 g/mol. The van der Waals surface area contributed by atoms with Crippen LogP contribution in [0.15, 0.2) is 131 Å². The van der Waals surface area contributed by atoms with Crippen LogP contribution in [-0.2, 0) is 21.4 Å². The number of piperazine rings is 1. The molecule has 0 unspecified atom stereocenters. The number of nitro benzene ring substituents is 1. The number of carbonyl (C=O) groups is 1. The van der Waals surface area contributed by atoms with Gasteiger partial charge in [-0.3, -0.25) is 24.5 Å². The highest BCUT2D eigenvalue weighted by atomic mass is 35.5. The molecule has 0 aliphatic carbocycles. The van der Waals surface area contributed by atoms with Gasteiger partial charge in [0, 0.05) is 92.1 Å². The predicted molar refractivity (Wildman–Crippen MR) is 240 cm³/mol. The van der Waals surface area contributed by atoms with Crippen molar-refractivity contribution in [3.63, 3.8) is 0 Å². The van der Waals surface area contributed by atoms with Gasteiger partial charge in [0.2, 0.25) is 5.91 Å². The number of rotatable bonds is 16. The number of nitrogens with one attached hydrogen (secondary N) is 2. The van der Waals surface area contributed by atoms with E-state index in [1.165, 1.54) is 34.5 Å². The van der Waals surface area contributed by atoms with Crippen molar-refractivity contribution in [1.29, 1.82) is 0 Å². The summed E-state index contributed by atoms with van der Waals surface area (Å²) in [5.41, 5.74) is 4.82. The van der Waals surface area contributed by atoms with Crippen LogP contribution >= 0.6 is 23.4 Å². The molecule has 0 spiro atoms. The molecular weight excluding hydrogens is 820 g/mol. The smallest absolute Gasteiger partial charge is 0.293 e. The van der Waals surface area contributed by atoms with Crippen LogP contribution in [0.25, 0.3) is 22.0 Å². The highest BCUT2D eigenvalue weighted by Gasteiger charge is 2.25. The van der Waals surface area contributed by atoms with Crippen molar-refractivity contribution in [2.75, 3.05) is 61.0 Å². The van der Waals surface area contributed by atoms with E-state index in [9.17, 15) is 23.3 Å². The number of sulfonamides is 1. The second-order valence-electron chi connectivity index (χ2n) is 14.7. The minimum atomic E-state index is -4.32. The molecule has 2 heterocycles. The number of benzene rings is 5. The largest absolute Gasteiger partial charge is 0.376 e. The van der Waals surface area contributed by atoms with Gasteiger partial charge in [-0.1, -0.05) is 66.2 Å². The van der Waals surface area contributed by atoms with Crippen LogP contribution in [0.4, 0.5) is 22.9 Å². The van der Waals surface area contributed by atoms with Gasteiger partial charge in [-0.15, -0.1) is 11.8 Å². The van der Waals surface area contributed by atoms with Crippen molar-refractivity contribution in [2.24, 2.45) is 0 Å². The Morgan fingerprint density at radius 3 is 2.38 bits per heavy atom. The second kappa shape index (κ2) is 19.1. The van der Waals surface area contributed by atoms with Gasteiger partial charge < -0.3 is 15.1 Å². The fourth-order valence-corrected chi connectivity index (χ4v) is 9.26. The molecule has 1 atom stereocenters. The van der Waals surface area contributed by atoms with Crippen LogP contribution < -0.4 is 14.9 Å². The molecule has 1 aromatic heterocycles. The molecule has 0 saturated carbocycles. The molecular formula is C44H45ClN8O5S2. The molecule has 1 aliphatic rings. The van der Waals surface area contributed by atoms with Gasteiger partial charge >= 0.3 is 0 Å². The molecule has 6 aromatic rings. The summed E-state index contributed by atoms with van der Waals surface area (Å²) >= 11 is 7.70. The zero-order chi connectivity index (χ0) is 42.2. The molecule has 7 rings (SSSR count). The van der Waals surface area contributed by atoms with Gasteiger partial charge in [0.1, 0.15) is 12.0 Å². The molecule has 0 radical (unpaired) electrons. The Morgan fingerprint density at radius 2 is 1.65 bits per heavy atom. The van der Waals surface area contributed by atoms with E-state index in [2.05, 4.69) is 54.1 Å². The lowest BCUT2D eigenvalue weighted by Crippen LogP contribution is -2.46. The van der Waals surface area contributed by atoms with Gasteiger partial charge in [-0.2, -0.15) is 0 Å². The second-order valence-corrected chi connectivity index (χ2v) is 17.9. The predicted octanol–water partition coefficient (Wildman–Crippen LogP) is 8.42. The first-order valence-electron chi connectivity index (χ1n) is 19.5. The van der Waals surface area contributed by atoms with Crippen molar-refractivity contribution in [2.45, 2.75) is 35.2 Å². The number of carbonyl (C=O) groups excluding carboxylic acids is 1. The maximum absolute atomic E-state index is 13.8. The molecule has 1 fully saturated rings. The molecule has 5 aromatic carbocycles. The topological polar surface area (TPSA) is 154 Å². The van der Waals surface area contributed by atoms with Gasteiger partial charge in [-0.05, 0) is 77.7 Å². The number of thioether (sulfide) groups is 1. The quantitative estimate of drug-likeness (QED) is 0.0548. The zero-order valence-electron chi connectivity index (χ0n) is 33.2. The number of nitro groups is 1. The third-order valence-electron chi connectivity index (χ3n) is 10.4. The number of nitrogens with zero attached hydrogens (tertiary/aromatic N) is 6. The van der Waals surface area contributed by atoms with E-state index in [1.54, 1.807) is 31.9 Å². The van der Waals surface area contributed by atoms with Crippen LogP contribution in [-0.4, -0.2) is 91.1 Å². The third kappa shape index (κ3) is 10.5. The summed E-state index contributed by atoms with van der Waals surface area (Å²) in [6, 6.07) is 35.1. The average molecular weight is 865 g/mol. The Labute approximate surface area is 359 Å². The minimum Gasteiger partial charge on any atom is -0.376 e. The summed E-state index contributed by atoms with van der Waals surface area (Å²) < 4.78 is 30.1. The van der Waals surface area contributed by atoms with Crippen LogP contribution in [0.2, 0.25) is 5.02 Å². The molecule has 0 bridgehead atoms. The number of hydrogen-bond acceptors (Lipinski definition) is 11. The molecule has 2 N–H and O–H groups in total.